The molecule has 27 heavy (non-hydrogen) atoms. The predicted molar refractivity (Wildman–Crippen MR) is 100 cm³/mol. The highest BCUT2D eigenvalue weighted by Crippen LogP contribution is 2.21. The zero-order valence-corrected chi connectivity index (χ0v) is 14.9. The van der Waals surface area contributed by atoms with E-state index in [1.807, 2.05) is 19.9 Å². The third-order valence-electron chi connectivity index (χ3n) is 3.87. The van der Waals surface area contributed by atoms with Crippen molar-refractivity contribution in [1.82, 2.24) is 9.78 Å². The summed E-state index contributed by atoms with van der Waals surface area (Å²) in [5.74, 6) is -0.404. The van der Waals surface area contributed by atoms with Gasteiger partial charge in [-0.2, -0.15) is 9.78 Å². The molecular formula is C20H18FN3O3. The van der Waals surface area contributed by atoms with Crippen LogP contribution in [-0.2, 0) is 0 Å². The van der Waals surface area contributed by atoms with E-state index in [2.05, 4.69) is 10.4 Å². The normalized spacial score (nSPS) is 10.5. The summed E-state index contributed by atoms with van der Waals surface area (Å²) in [5, 5.41) is 6.75. The number of nitrogens with one attached hydrogen (secondary N) is 1. The molecule has 0 fully saturated rings. The average Bonchev–Trinajstić information content (AvgIpc) is 2.65. The molecular weight excluding hydrogens is 349 g/mol. The van der Waals surface area contributed by atoms with E-state index in [4.69, 9.17) is 4.74 Å². The highest BCUT2D eigenvalue weighted by molar-refractivity contribution is 6.03. The van der Waals surface area contributed by atoms with Crippen molar-refractivity contribution >= 4 is 11.6 Å². The Morgan fingerprint density at radius 2 is 1.96 bits per heavy atom. The summed E-state index contributed by atoms with van der Waals surface area (Å²) in [6, 6.07) is 13.5. The molecule has 0 atom stereocenters. The monoisotopic (exact) mass is 367 g/mol. The molecule has 0 bridgehead atoms. The Balaban J connectivity index is 1.89. The number of hydrogen-bond donors (Lipinski definition) is 1. The second kappa shape index (κ2) is 7.82. The van der Waals surface area contributed by atoms with Gasteiger partial charge in [-0.25, -0.2) is 4.39 Å². The van der Waals surface area contributed by atoms with Crippen LogP contribution in [0.4, 0.5) is 10.1 Å². The van der Waals surface area contributed by atoms with Crippen LogP contribution in [0.25, 0.3) is 5.69 Å². The maximum Gasteiger partial charge on any atom is 0.276 e. The predicted octanol–water partition coefficient (Wildman–Crippen LogP) is 3.33. The molecule has 0 saturated heterocycles. The lowest BCUT2D eigenvalue weighted by Gasteiger charge is -2.11. The molecule has 0 radical (unpaired) electrons. The van der Waals surface area contributed by atoms with Crippen LogP contribution < -0.4 is 15.6 Å². The minimum atomic E-state index is -0.605. The van der Waals surface area contributed by atoms with Gasteiger partial charge in [-0.15, -0.1) is 0 Å². The largest absolute Gasteiger partial charge is 0.494 e. The quantitative estimate of drug-likeness (QED) is 0.751. The number of carbonyl (C=O) groups is 1. The molecule has 0 aliphatic heterocycles. The van der Waals surface area contributed by atoms with Gasteiger partial charge in [0, 0.05) is 11.8 Å². The van der Waals surface area contributed by atoms with Gasteiger partial charge in [0.15, 0.2) is 0 Å². The summed E-state index contributed by atoms with van der Waals surface area (Å²) >= 11 is 0. The number of ether oxygens (including phenoxy) is 1. The number of nitrogens with zero attached hydrogens (tertiary/aromatic N) is 2. The van der Waals surface area contributed by atoms with Crippen LogP contribution in [0.1, 0.15) is 23.0 Å². The Hall–Kier alpha value is -3.48. The highest BCUT2D eigenvalue weighted by Gasteiger charge is 2.14. The summed E-state index contributed by atoms with van der Waals surface area (Å²) in [5.41, 5.74) is 0.847. The minimum absolute atomic E-state index is 0.00821. The van der Waals surface area contributed by atoms with Gasteiger partial charge in [0.2, 0.25) is 0 Å². The van der Waals surface area contributed by atoms with Gasteiger partial charge in [0.1, 0.15) is 22.9 Å². The summed E-state index contributed by atoms with van der Waals surface area (Å²) < 4.78 is 20.3. The van der Waals surface area contributed by atoms with Gasteiger partial charge in [0.05, 0.1) is 6.61 Å². The summed E-state index contributed by atoms with van der Waals surface area (Å²) in [6.45, 7) is 4.28. The van der Waals surface area contributed by atoms with Crippen molar-refractivity contribution in [2.45, 2.75) is 13.8 Å². The fourth-order valence-corrected chi connectivity index (χ4v) is 2.55. The van der Waals surface area contributed by atoms with Crippen LogP contribution in [0.2, 0.25) is 0 Å². The van der Waals surface area contributed by atoms with Crippen molar-refractivity contribution < 1.29 is 13.9 Å². The number of benzene rings is 2. The Labute approximate surface area is 155 Å². The zero-order chi connectivity index (χ0) is 19.4. The zero-order valence-electron chi connectivity index (χ0n) is 14.9. The number of rotatable bonds is 5. The van der Waals surface area contributed by atoms with Crippen molar-refractivity contribution in [3.63, 3.8) is 0 Å². The van der Waals surface area contributed by atoms with Gasteiger partial charge in [-0.05, 0) is 55.8 Å². The molecule has 3 aromatic rings. The Morgan fingerprint density at radius 3 is 2.67 bits per heavy atom. The first-order valence-electron chi connectivity index (χ1n) is 8.39. The maximum absolute atomic E-state index is 14.0. The first-order valence-corrected chi connectivity index (χ1v) is 8.39. The fourth-order valence-electron chi connectivity index (χ4n) is 2.55. The molecule has 1 N–H and O–H groups in total. The molecule has 1 heterocycles. The third kappa shape index (κ3) is 4.03. The minimum Gasteiger partial charge on any atom is -0.494 e. The molecule has 138 valence electrons. The molecule has 0 aliphatic carbocycles. The molecule has 6 nitrogen and oxygen atoms in total. The first kappa shape index (κ1) is 18.3. The van der Waals surface area contributed by atoms with E-state index in [1.165, 1.54) is 30.3 Å². The van der Waals surface area contributed by atoms with Crippen molar-refractivity contribution in [1.29, 1.82) is 0 Å². The number of anilines is 1. The van der Waals surface area contributed by atoms with Crippen molar-refractivity contribution in [2.75, 3.05) is 11.9 Å². The van der Waals surface area contributed by atoms with Crippen LogP contribution in [0.5, 0.6) is 5.75 Å². The second-order valence-corrected chi connectivity index (χ2v) is 5.78. The van der Waals surface area contributed by atoms with Crippen LogP contribution in [-0.4, -0.2) is 22.3 Å². The molecule has 0 saturated carbocycles. The topological polar surface area (TPSA) is 73.2 Å². The molecule has 0 unspecified atom stereocenters. The van der Waals surface area contributed by atoms with E-state index in [0.29, 0.717) is 18.0 Å². The lowest BCUT2D eigenvalue weighted by Crippen LogP contribution is -2.25. The third-order valence-corrected chi connectivity index (χ3v) is 3.87. The number of aromatic nitrogens is 2. The van der Waals surface area contributed by atoms with E-state index < -0.39 is 17.3 Å². The van der Waals surface area contributed by atoms with Gasteiger partial charge >= 0.3 is 0 Å². The molecule has 1 amide bonds. The molecule has 0 aliphatic rings. The van der Waals surface area contributed by atoms with E-state index in [1.54, 1.807) is 18.2 Å². The Kier molecular flexibility index (Phi) is 5.30. The number of halogens is 1. The number of amides is 1. The van der Waals surface area contributed by atoms with E-state index in [9.17, 15) is 14.0 Å². The average molecular weight is 367 g/mol. The summed E-state index contributed by atoms with van der Waals surface area (Å²) in [7, 11) is 0. The van der Waals surface area contributed by atoms with Crippen molar-refractivity contribution in [2.24, 2.45) is 0 Å². The molecule has 2 aromatic carbocycles. The number of hydrogen-bond acceptors (Lipinski definition) is 4. The van der Waals surface area contributed by atoms with Gasteiger partial charge in [-0.1, -0.05) is 12.1 Å². The van der Waals surface area contributed by atoms with Crippen molar-refractivity contribution in [3.8, 4) is 11.4 Å². The summed E-state index contributed by atoms with van der Waals surface area (Å²) in [4.78, 5) is 24.6. The van der Waals surface area contributed by atoms with E-state index in [0.717, 1.165) is 10.2 Å². The van der Waals surface area contributed by atoms with Crippen LogP contribution in [0.15, 0.2) is 59.4 Å². The highest BCUT2D eigenvalue weighted by atomic mass is 19.1. The lowest BCUT2D eigenvalue weighted by molar-refractivity contribution is 0.102. The maximum atomic E-state index is 14.0. The van der Waals surface area contributed by atoms with Gasteiger partial charge < -0.3 is 10.1 Å². The van der Waals surface area contributed by atoms with E-state index in [-0.39, 0.29) is 11.4 Å². The SMILES string of the molecule is CCOc1ccc(NC(=O)c2ccc(=O)n(-c3ccccc3F)n2)c(C)c1. The lowest BCUT2D eigenvalue weighted by atomic mass is 10.2. The van der Waals surface area contributed by atoms with Crippen LogP contribution >= 0.6 is 0 Å². The molecule has 1 aromatic heterocycles. The Bertz CT molecular complexity index is 1050. The van der Waals surface area contributed by atoms with E-state index >= 15 is 0 Å². The number of aryl methyl sites for hydroxylation is 1. The number of para-hydroxylation sites is 1. The fraction of sp³-hybridized carbons (Fsp3) is 0.150. The second-order valence-electron chi connectivity index (χ2n) is 5.78. The number of carbonyl (C=O) groups excluding carboxylic acids is 1. The summed E-state index contributed by atoms with van der Waals surface area (Å²) in [6.07, 6.45) is 0. The van der Waals surface area contributed by atoms with Gasteiger partial charge in [-0.3, -0.25) is 9.59 Å². The molecule has 7 heteroatoms. The first-order chi connectivity index (χ1) is 13.0. The van der Waals surface area contributed by atoms with Crippen molar-refractivity contribution in [3.05, 3.63) is 82.0 Å². The molecule has 0 spiro atoms. The smallest absolute Gasteiger partial charge is 0.276 e. The molecule has 3 rings (SSSR count). The Morgan fingerprint density at radius 1 is 1.19 bits per heavy atom. The van der Waals surface area contributed by atoms with Crippen LogP contribution in [0.3, 0.4) is 0 Å². The van der Waals surface area contributed by atoms with Crippen LogP contribution in [0, 0.1) is 12.7 Å². The van der Waals surface area contributed by atoms with Gasteiger partial charge in [0.25, 0.3) is 11.5 Å². The standard InChI is InChI=1S/C20H18FN3O3/c1-3-27-14-8-9-16(13(2)12-14)22-20(26)17-10-11-19(25)24(23-17)18-7-5-4-6-15(18)21/h4-12H,3H2,1-2H3,(H,22,26).